The highest BCUT2D eigenvalue weighted by molar-refractivity contribution is 7.99. The van der Waals surface area contributed by atoms with Crippen LogP contribution in [-0.2, 0) is 27.8 Å². The molecule has 5 aromatic carbocycles. The Balaban J connectivity index is 1.42. The zero-order chi connectivity index (χ0) is 54.8. The molecule has 0 N–H and O–H groups in total. The van der Waals surface area contributed by atoms with Gasteiger partial charge in [-0.3, -0.25) is 0 Å². The number of esters is 1. The summed E-state index contributed by atoms with van der Waals surface area (Å²) in [5.41, 5.74) is 3.21. The summed E-state index contributed by atoms with van der Waals surface area (Å²) in [6.07, 6.45) is 4.40. The first-order valence-electron chi connectivity index (χ1n) is 27.0. The van der Waals surface area contributed by atoms with Gasteiger partial charge in [-0.05, 0) is 114 Å². The highest BCUT2D eigenvalue weighted by atomic mass is 32.2. The van der Waals surface area contributed by atoms with E-state index in [4.69, 9.17) is 32.5 Å². The topological polar surface area (TPSA) is 81.7 Å². The summed E-state index contributed by atoms with van der Waals surface area (Å²) in [6, 6.07) is 47.2. The maximum atomic E-state index is 14.8. The van der Waals surface area contributed by atoms with Crippen LogP contribution in [0, 0.1) is 5.92 Å². The van der Waals surface area contributed by atoms with Crippen molar-refractivity contribution in [1.29, 1.82) is 0 Å². The SMILES string of the molecule is COCOc1ccc(-c2ccccc2)c(C(CC[C@H]2OC(C)(C)O[C@@H]2C(/C=C\[C@H](C)[C@H](C)O[Si](c2ccccc2)(c2ccccc2)C(C)(C)C)O[Si](C)(C)C(C)(C)C)Sc2ccccc2)c1C(=O)OCC[Si](C)(C)C. The molecule has 0 saturated carbocycles. The average Bonchev–Trinajstić information content (AvgIpc) is 3.68. The summed E-state index contributed by atoms with van der Waals surface area (Å²) < 4.78 is 47.1. The molecule has 12 heteroatoms. The Bertz CT molecular complexity index is 2550. The van der Waals surface area contributed by atoms with Gasteiger partial charge in [0.05, 0.1) is 18.8 Å². The first-order chi connectivity index (χ1) is 35.3. The Kier molecular flexibility index (Phi) is 20.5. The van der Waals surface area contributed by atoms with Gasteiger partial charge < -0.3 is 32.5 Å². The minimum atomic E-state index is -2.84. The molecule has 8 nitrogen and oxygen atoms in total. The number of ether oxygens (including phenoxy) is 5. The van der Waals surface area contributed by atoms with Crippen LogP contribution in [0.15, 0.2) is 151 Å². The molecule has 0 radical (unpaired) electrons. The third-order valence-corrected chi connectivity index (χ3v) is 27.5. The molecule has 0 aromatic heterocycles. The van der Waals surface area contributed by atoms with Gasteiger partial charge in [-0.15, -0.1) is 11.8 Å². The van der Waals surface area contributed by atoms with E-state index in [0.717, 1.165) is 27.6 Å². The quantitative estimate of drug-likeness (QED) is 0.0197. The highest BCUT2D eigenvalue weighted by Crippen LogP contribution is 2.49. The number of benzene rings is 5. The van der Waals surface area contributed by atoms with Crippen molar-refractivity contribution >= 4 is 52.8 Å². The molecule has 6 rings (SSSR count). The number of carbonyl (C=O) groups excluding carboxylic acids is 1. The maximum absolute atomic E-state index is 14.8. The fraction of sp³-hybridized carbons (Fsp3) is 0.476. The minimum Gasteiger partial charge on any atom is -0.467 e. The van der Waals surface area contributed by atoms with Crippen LogP contribution < -0.4 is 15.1 Å². The van der Waals surface area contributed by atoms with E-state index in [9.17, 15) is 4.79 Å². The number of hydrogen-bond acceptors (Lipinski definition) is 9. The van der Waals surface area contributed by atoms with E-state index in [1.807, 2.05) is 44.2 Å². The van der Waals surface area contributed by atoms with Gasteiger partial charge >= 0.3 is 5.97 Å². The van der Waals surface area contributed by atoms with Gasteiger partial charge in [0.25, 0.3) is 8.32 Å². The third-order valence-electron chi connectivity index (χ3n) is 14.9. The smallest absolute Gasteiger partial charge is 0.342 e. The lowest BCUT2D eigenvalue weighted by molar-refractivity contribution is -0.152. The van der Waals surface area contributed by atoms with E-state index in [1.54, 1.807) is 18.9 Å². The van der Waals surface area contributed by atoms with E-state index in [0.29, 0.717) is 30.8 Å². The van der Waals surface area contributed by atoms with Crippen LogP contribution in [0.2, 0.25) is 48.9 Å². The predicted octanol–water partition coefficient (Wildman–Crippen LogP) is 15.5. The molecular formula is C63H88O8SSi3. The van der Waals surface area contributed by atoms with Crippen molar-refractivity contribution < 1.29 is 37.3 Å². The molecule has 6 atom stereocenters. The van der Waals surface area contributed by atoms with Crippen LogP contribution in [0.25, 0.3) is 11.1 Å². The second-order valence-corrected chi connectivity index (χ2v) is 40.4. The van der Waals surface area contributed by atoms with Gasteiger partial charge in [0.1, 0.15) is 17.4 Å². The number of thioether (sulfide) groups is 1. The summed E-state index contributed by atoms with van der Waals surface area (Å²) in [5, 5.41) is 2.02. The number of methoxy groups -OCH3 is 1. The Morgan fingerprint density at radius 1 is 0.720 bits per heavy atom. The van der Waals surface area contributed by atoms with Crippen LogP contribution in [0.1, 0.15) is 103 Å². The van der Waals surface area contributed by atoms with Crippen LogP contribution in [0.5, 0.6) is 5.75 Å². The fourth-order valence-corrected chi connectivity index (χ4v) is 17.6. The normalized spacial score (nSPS) is 18.1. The minimum absolute atomic E-state index is 0.0190. The maximum Gasteiger partial charge on any atom is 0.342 e. The Labute approximate surface area is 458 Å². The third kappa shape index (κ3) is 15.6. The van der Waals surface area contributed by atoms with Crippen molar-refractivity contribution in [3.63, 3.8) is 0 Å². The van der Waals surface area contributed by atoms with E-state index in [2.05, 4.69) is 203 Å². The van der Waals surface area contributed by atoms with Gasteiger partial charge in [-0.2, -0.15) is 0 Å². The molecule has 5 aromatic rings. The Hall–Kier alpha value is -4.09. The molecule has 75 heavy (non-hydrogen) atoms. The van der Waals surface area contributed by atoms with Crippen molar-refractivity contribution in [2.45, 2.75) is 171 Å². The summed E-state index contributed by atoms with van der Waals surface area (Å²) in [7, 11) is -5.18. The summed E-state index contributed by atoms with van der Waals surface area (Å²) in [4.78, 5) is 15.9. The average molecular weight is 1090 g/mol. The van der Waals surface area contributed by atoms with Crippen molar-refractivity contribution in [2.24, 2.45) is 5.92 Å². The van der Waals surface area contributed by atoms with E-state index < -0.39 is 48.7 Å². The van der Waals surface area contributed by atoms with Crippen LogP contribution in [-0.4, -0.2) is 81.4 Å². The molecule has 406 valence electrons. The first-order valence-corrected chi connectivity index (χ1v) is 36.4. The van der Waals surface area contributed by atoms with Gasteiger partial charge in [-0.1, -0.05) is 196 Å². The first kappa shape index (κ1) is 60.1. The second kappa shape index (κ2) is 25.6. The van der Waals surface area contributed by atoms with Gasteiger partial charge in [0.2, 0.25) is 0 Å². The Morgan fingerprint density at radius 2 is 1.28 bits per heavy atom. The zero-order valence-electron chi connectivity index (χ0n) is 48.0. The van der Waals surface area contributed by atoms with Crippen LogP contribution in [0.4, 0.5) is 0 Å². The lowest BCUT2D eigenvalue weighted by Crippen LogP contribution is -2.67. The molecular weight excluding hydrogens is 1000 g/mol. The summed E-state index contributed by atoms with van der Waals surface area (Å²) in [6.45, 7) is 34.1. The van der Waals surface area contributed by atoms with Crippen molar-refractivity contribution in [1.82, 2.24) is 0 Å². The highest BCUT2D eigenvalue weighted by Gasteiger charge is 2.52. The van der Waals surface area contributed by atoms with Crippen molar-refractivity contribution in [3.05, 3.63) is 157 Å². The van der Waals surface area contributed by atoms with E-state index in [1.165, 1.54) is 10.4 Å². The summed E-state index contributed by atoms with van der Waals surface area (Å²) in [5.74, 6) is -0.844. The lowest BCUT2D eigenvalue weighted by Gasteiger charge is -2.45. The predicted molar refractivity (Wildman–Crippen MR) is 319 cm³/mol. The molecule has 2 unspecified atom stereocenters. The molecule has 0 spiro atoms. The second-order valence-electron chi connectivity index (χ2n) is 24.5. The standard InChI is InChI=1S/C63H88O8SSi3/c1-46(47(2)70-75(62(6,7)8,50-33-25-19-26-34-50)51-35-27-20-28-36-51)37-39-55(71-74(15,16)61(3,4)5)59-54(68-63(9,10)69-59)41-42-56(72-49-31-23-18-24-32-49)57-52(48-29-21-17-22-30-48)38-40-53(67-45-65-11)58(57)60(64)66-43-44-73(12,13)14/h17-40,46-47,54-56,59H,41-45H2,1-16H3/b39-37-/t46-,47-,54+,55?,56?,59-/m0/s1. The molecule has 0 bridgehead atoms. The molecule has 0 aliphatic carbocycles. The van der Waals surface area contributed by atoms with Gasteiger partial charge in [0.15, 0.2) is 20.9 Å². The van der Waals surface area contributed by atoms with Gasteiger partial charge in [0, 0.05) is 31.4 Å². The molecule has 1 aliphatic rings. The number of hydrogen-bond donors (Lipinski definition) is 0. The molecule has 1 saturated heterocycles. The largest absolute Gasteiger partial charge is 0.467 e. The number of rotatable bonds is 24. The van der Waals surface area contributed by atoms with E-state index in [-0.39, 0.29) is 40.2 Å². The molecule has 0 amide bonds. The fourth-order valence-electron chi connectivity index (χ4n) is 9.64. The van der Waals surface area contributed by atoms with Crippen molar-refractivity contribution in [3.8, 4) is 16.9 Å². The van der Waals surface area contributed by atoms with Crippen LogP contribution >= 0.6 is 11.8 Å². The summed E-state index contributed by atoms with van der Waals surface area (Å²) >= 11 is 1.74. The van der Waals surface area contributed by atoms with Gasteiger partial charge in [-0.25, -0.2) is 4.79 Å². The monoisotopic (exact) mass is 1090 g/mol. The zero-order valence-corrected chi connectivity index (χ0v) is 51.8. The van der Waals surface area contributed by atoms with Crippen LogP contribution in [0.3, 0.4) is 0 Å². The number of carbonyl (C=O) groups is 1. The van der Waals surface area contributed by atoms with Crippen molar-refractivity contribution in [2.75, 3.05) is 20.5 Å². The molecule has 1 heterocycles. The molecule has 1 aliphatic heterocycles. The Morgan fingerprint density at radius 3 is 1.81 bits per heavy atom. The molecule has 1 fully saturated rings. The lowest BCUT2D eigenvalue weighted by atomic mass is 9.89. The van der Waals surface area contributed by atoms with E-state index >= 15 is 0 Å².